The fourth-order valence-corrected chi connectivity index (χ4v) is 2.24. The molecule has 1 aliphatic heterocycles. The van der Waals surface area contributed by atoms with Gasteiger partial charge in [-0.3, -0.25) is 24.1 Å². The van der Waals surface area contributed by atoms with Gasteiger partial charge in [0.05, 0.1) is 19.8 Å². The van der Waals surface area contributed by atoms with Crippen molar-refractivity contribution in [1.82, 2.24) is 10.2 Å². The molecule has 0 bridgehead atoms. The third-order valence-electron chi connectivity index (χ3n) is 3.70. The molecule has 0 fully saturated rings. The summed E-state index contributed by atoms with van der Waals surface area (Å²) in [6.07, 6.45) is 9.30. The summed E-state index contributed by atoms with van der Waals surface area (Å²) in [6.45, 7) is 2.18. The van der Waals surface area contributed by atoms with Crippen LogP contribution in [-0.2, 0) is 28.7 Å². The summed E-state index contributed by atoms with van der Waals surface area (Å²) in [6, 6.07) is 0. The Hall–Kier alpha value is -2.50. The van der Waals surface area contributed by atoms with Crippen LogP contribution in [0.5, 0.6) is 0 Å². The van der Waals surface area contributed by atoms with E-state index >= 15 is 0 Å². The minimum absolute atomic E-state index is 0.0112. The second-order valence-electron chi connectivity index (χ2n) is 5.83. The van der Waals surface area contributed by atoms with Crippen LogP contribution in [0.3, 0.4) is 0 Å². The second kappa shape index (κ2) is 13.7. The summed E-state index contributed by atoms with van der Waals surface area (Å²) < 4.78 is 10.7. The molecule has 0 saturated carbocycles. The average molecular weight is 378 g/mol. The lowest BCUT2D eigenvalue weighted by Crippen LogP contribution is -2.32. The van der Waals surface area contributed by atoms with Gasteiger partial charge >= 0.3 is 0 Å². The summed E-state index contributed by atoms with van der Waals surface area (Å²) in [7, 11) is 0. The van der Waals surface area contributed by atoms with Gasteiger partial charge in [-0.25, -0.2) is 0 Å². The van der Waals surface area contributed by atoms with Crippen LogP contribution in [0.15, 0.2) is 12.2 Å². The highest BCUT2D eigenvalue weighted by molar-refractivity contribution is 6.13. The third kappa shape index (κ3) is 10.3. The number of nitrogens with one attached hydrogen (secondary N) is 1. The molecular weight excluding hydrogens is 352 g/mol. The topological polar surface area (TPSA) is 102 Å². The van der Waals surface area contributed by atoms with Gasteiger partial charge in [0, 0.05) is 57.5 Å². The Morgan fingerprint density at radius 1 is 1.00 bits per heavy atom. The van der Waals surface area contributed by atoms with Gasteiger partial charge in [-0.05, 0) is 6.42 Å². The van der Waals surface area contributed by atoms with E-state index in [4.69, 9.17) is 15.9 Å². The highest BCUT2D eigenvalue weighted by atomic mass is 16.5. The Morgan fingerprint density at radius 3 is 2.33 bits per heavy atom. The lowest BCUT2D eigenvalue weighted by molar-refractivity contribution is -0.137. The van der Waals surface area contributed by atoms with E-state index < -0.39 is 0 Å². The zero-order valence-corrected chi connectivity index (χ0v) is 15.4. The van der Waals surface area contributed by atoms with Crippen molar-refractivity contribution in [2.75, 3.05) is 39.5 Å². The van der Waals surface area contributed by atoms with Gasteiger partial charge in [0.15, 0.2) is 0 Å². The van der Waals surface area contributed by atoms with E-state index in [1.165, 1.54) is 12.2 Å². The number of ether oxygens (including phenoxy) is 2. The number of carbonyl (C=O) groups excluding carboxylic acids is 4. The number of nitrogens with zero attached hydrogens (tertiary/aromatic N) is 1. The highest BCUT2D eigenvalue weighted by Gasteiger charge is 2.23. The molecule has 0 aromatic heterocycles. The van der Waals surface area contributed by atoms with E-state index in [0.717, 1.165) is 4.90 Å². The number of ketones is 1. The molecule has 8 nitrogen and oxygen atoms in total. The van der Waals surface area contributed by atoms with E-state index in [1.807, 2.05) is 0 Å². The van der Waals surface area contributed by atoms with Gasteiger partial charge in [-0.15, -0.1) is 12.3 Å². The Kier molecular flexibility index (Phi) is 11.4. The molecular formula is C19H26N2O6. The molecule has 8 heteroatoms. The van der Waals surface area contributed by atoms with E-state index in [2.05, 4.69) is 11.2 Å². The van der Waals surface area contributed by atoms with Gasteiger partial charge in [0.25, 0.3) is 11.8 Å². The zero-order chi connectivity index (χ0) is 19.9. The second-order valence-corrected chi connectivity index (χ2v) is 5.83. The summed E-state index contributed by atoms with van der Waals surface area (Å²) in [4.78, 5) is 46.8. The van der Waals surface area contributed by atoms with Gasteiger partial charge < -0.3 is 14.8 Å². The van der Waals surface area contributed by atoms with Crippen molar-refractivity contribution in [3.63, 3.8) is 0 Å². The smallest absolute Gasteiger partial charge is 0.253 e. The van der Waals surface area contributed by atoms with Crippen LogP contribution < -0.4 is 5.32 Å². The number of terminal acetylenes is 1. The summed E-state index contributed by atoms with van der Waals surface area (Å²) in [5.74, 6) is 1.56. The van der Waals surface area contributed by atoms with Crippen molar-refractivity contribution in [2.24, 2.45) is 0 Å². The number of carbonyl (C=O) groups is 4. The Bertz CT molecular complexity index is 575. The molecule has 0 aliphatic carbocycles. The molecule has 0 radical (unpaired) electrons. The van der Waals surface area contributed by atoms with Crippen molar-refractivity contribution >= 4 is 23.5 Å². The fourth-order valence-electron chi connectivity index (χ4n) is 2.24. The predicted molar refractivity (Wildman–Crippen MR) is 97.4 cm³/mol. The fraction of sp³-hybridized carbons (Fsp3) is 0.579. The standard InChI is InChI=1S/C19H26N2O6/c1-2-3-6-17(23)20-10-13-27-15-14-26-12-4-5-16(22)9-11-21-18(24)7-8-19(21)25/h1,7-8H,3-6,9-15H2,(H,20,23). The van der Waals surface area contributed by atoms with Crippen molar-refractivity contribution < 1.29 is 28.7 Å². The maximum atomic E-state index is 11.7. The van der Waals surface area contributed by atoms with Crippen LogP contribution in [0.25, 0.3) is 0 Å². The Labute approximate surface area is 159 Å². The van der Waals surface area contributed by atoms with Crippen LogP contribution in [0.2, 0.25) is 0 Å². The summed E-state index contributed by atoms with van der Waals surface area (Å²) in [5.41, 5.74) is 0. The summed E-state index contributed by atoms with van der Waals surface area (Å²) >= 11 is 0. The Morgan fingerprint density at radius 2 is 1.67 bits per heavy atom. The highest BCUT2D eigenvalue weighted by Crippen LogP contribution is 2.06. The molecule has 27 heavy (non-hydrogen) atoms. The first-order valence-electron chi connectivity index (χ1n) is 8.95. The maximum absolute atomic E-state index is 11.7. The molecule has 1 aliphatic rings. The zero-order valence-electron chi connectivity index (χ0n) is 15.4. The minimum atomic E-state index is -0.372. The van der Waals surface area contributed by atoms with Crippen molar-refractivity contribution in [2.45, 2.75) is 32.1 Å². The molecule has 0 aromatic rings. The normalized spacial score (nSPS) is 13.1. The first kappa shape index (κ1) is 22.5. The molecule has 0 saturated heterocycles. The minimum Gasteiger partial charge on any atom is -0.379 e. The molecule has 1 N–H and O–H groups in total. The van der Waals surface area contributed by atoms with Crippen molar-refractivity contribution in [3.05, 3.63) is 12.2 Å². The van der Waals surface area contributed by atoms with E-state index in [9.17, 15) is 19.2 Å². The summed E-state index contributed by atoms with van der Waals surface area (Å²) in [5, 5.41) is 2.69. The third-order valence-corrected chi connectivity index (χ3v) is 3.70. The first-order chi connectivity index (χ1) is 13.0. The number of hydrogen-bond donors (Lipinski definition) is 1. The number of imide groups is 1. The SMILES string of the molecule is C#CCCC(=O)NCCOCCOCCCC(=O)CCN1C(=O)C=CC1=O. The van der Waals surface area contributed by atoms with Gasteiger partial charge in [0.1, 0.15) is 5.78 Å². The van der Waals surface area contributed by atoms with Crippen LogP contribution >= 0.6 is 0 Å². The molecule has 148 valence electrons. The van der Waals surface area contributed by atoms with Crippen molar-refractivity contribution in [3.8, 4) is 12.3 Å². The maximum Gasteiger partial charge on any atom is 0.253 e. The molecule has 1 rings (SSSR count). The number of amides is 3. The van der Waals surface area contributed by atoms with Gasteiger partial charge in [-0.2, -0.15) is 0 Å². The monoisotopic (exact) mass is 378 g/mol. The quantitative estimate of drug-likeness (QED) is 0.248. The van der Waals surface area contributed by atoms with Gasteiger partial charge in [0.2, 0.25) is 5.91 Å². The van der Waals surface area contributed by atoms with Crippen LogP contribution in [0.4, 0.5) is 0 Å². The molecule has 0 spiro atoms. The van der Waals surface area contributed by atoms with Crippen LogP contribution in [-0.4, -0.2) is 67.9 Å². The molecule has 1 heterocycles. The largest absolute Gasteiger partial charge is 0.379 e. The lowest BCUT2D eigenvalue weighted by atomic mass is 10.1. The van der Waals surface area contributed by atoms with E-state index in [1.54, 1.807) is 0 Å². The molecule has 3 amide bonds. The van der Waals surface area contributed by atoms with Crippen LogP contribution in [0.1, 0.15) is 32.1 Å². The van der Waals surface area contributed by atoms with E-state index in [0.29, 0.717) is 58.7 Å². The molecule has 0 unspecified atom stereocenters. The average Bonchev–Trinajstić information content (AvgIpc) is 2.97. The van der Waals surface area contributed by atoms with Crippen LogP contribution in [0, 0.1) is 12.3 Å². The van der Waals surface area contributed by atoms with Gasteiger partial charge in [-0.1, -0.05) is 0 Å². The first-order valence-corrected chi connectivity index (χ1v) is 8.95. The number of Topliss-reactive ketones (excluding diaryl/α,β-unsaturated/α-hetero) is 1. The Balaban J connectivity index is 1.88. The number of hydrogen-bond acceptors (Lipinski definition) is 6. The van der Waals surface area contributed by atoms with E-state index in [-0.39, 0.29) is 36.5 Å². The van der Waals surface area contributed by atoms with Crippen molar-refractivity contribution in [1.29, 1.82) is 0 Å². The number of rotatable bonds is 15. The lowest BCUT2D eigenvalue weighted by Gasteiger charge is -2.12. The molecule has 0 aromatic carbocycles. The molecule has 0 atom stereocenters. The predicted octanol–water partition coefficient (Wildman–Crippen LogP) is 0.214.